The Morgan fingerprint density at radius 3 is 2.12 bits per heavy atom. The number of amidine groups is 1. The van der Waals surface area contributed by atoms with Gasteiger partial charge in [0.15, 0.2) is 0 Å². The van der Waals surface area contributed by atoms with Crippen LogP contribution in [0, 0.1) is 17.8 Å². The monoisotopic (exact) mass is 440 g/mol. The van der Waals surface area contributed by atoms with E-state index in [9.17, 15) is 9.59 Å². The van der Waals surface area contributed by atoms with E-state index in [1.807, 2.05) is 0 Å². The van der Waals surface area contributed by atoms with Crippen molar-refractivity contribution in [2.75, 3.05) is 31.8 Å². The Kier molecular flexibility index (Phi) is 7.11. The molecular formula is C26H24N4O3. The van der Waals surface area contributed by atoms with Crippen LogP contribution in [0.1, 0.15) is 31.8 Å². The molecule has 0 bridgehead atoms. The van der Waals surface area contributed by atoms with E-state index in [4.69, 9.17) is 16.6 Å². The minimum Gasteiger partial charge on any atom is -0.495 e. The van der Waals surface area contributed by atoms with Crippen molar-refractivity contribution in [3.05, 3.63) is 89.0 Å². The Labute approximate surface area is 192 Å². The molecular weight excluding hydrogens is 416 g/mol. The van der Waals surface area contributed by atoms with Gasteiger partial charge >= 0.3 is 0 Å². The fourth-order valence-corrected chi connectivity index (χ4v) is 3.09. The minimum absolute atomic E-state index is 0.245. The van der Waals surface area contributed by atoms with Crippen LogP contribution in [0.4, 0.5) is 11.4 Å². The van der Waals surface area contributed by atoms with Crippen LogP contribution in [0.2, 0.25) is 0 Å². The molecule has 3 rings (SSSR count). The normalized spacial score (nSPS) is 10.0. The van der Waals surface area contributed by atoms with Crippen LogP contribution in [0.25, 0.3) is 0 Å². The molecule has 0 aliphatic carbocycles. The second-order valence-corrected chi connectivity index (χ2v) is 7.33. The van der Waals surface area contributed by atoms with Crippen LogP contribution in [0.15, 0.2) is 66.7 Å². The maximum Gasteiger partial charge on any atom is 0.257 e. The zero-order valence-corrected chi connectivity index (χ0v) is 18.6. The number of amides is 2. The number of carbonyl (C=O) groups excluding carboxylic acids is 2. The first kappa shape index (κ1) is 23.1. The maximum absolute atomic E-state index is 13.0. The van der Waals surface area contributed by atoms with E-state index >= 15 is 0 Å². The highest BCUT2D eigenvalue weighted by atomic mass is 16.5. The number of nitrogens with one attached hydrogen (secondary N) is 3. The zero-order chi connectivity index (χ0) is 24.0. The number of para-hydroxylation sites is 1. The summed E-state index contributed by atoms with van der Waals surface area (Å²) in [6.07, 6.45) is 5.37. The molecule has 0 unspecified atom stereocenters. The van der Waals surface area contributed by atoms with E-state index in [1.54, 1.807) is 85.7 Å². The molecule has 3 aromatic rings. The van der Waals surface area contributed by atoms with Gasteiger partial charge in [-0.2, -0.15) is 0 Å². The number of anilines is 2. The van der Waals surface area contributed by atoms with E-state index in [0.29, 0.717) is 34.0 Å². The number of hydrogen-bond acceptors (Lipinski definition) is 4. The summed E-state index contributed by atoms with van der Waals surface area (Å²) in [4.78, 5) is 27.6. The van der Waals surface area contributed by atoms with Gasteiger partial charge < -0.3 is 20.3 Å². The Morgan fingerprint density at radius 1 is 0.909 bits per heavy atom. The first-order valence-electron chi connectivity index (χ1n) is 10.1. The van der Waals surface area contributed by atoms with Gasteiger partial charge in [0.1, 0.15) is 11.6 Å². The Hall–Kier alpha value is -4.57. The second kappa shape index (κ2) is 10.2. The largest absolute Gasteiger partial charge is 0.495 e. The second-order valence-electron chi connectivity index (χ2n) is 7.33. The first-order valence-corrected chi connectivity index (χ1v) is 10.1. The Balaban J connectivity index is 1.85. The van der Waals surface area contributed by atoms with Crippen LogP contribution in [-0.4, -0.2) is 43.8 Å². The van der Waals surface area contributed by atoms with Gasteiger partial charge in [-0.1, -0.05) is 24.1 Å². The number of benzene rings is 3. The molecule has 0 saturated heterocycles. The molecule has 3 aromatic carbocycles. The molecule has 0 aliphatic heterocycles. The van der Waals surface area contributed by atoms with Gasteiger partial charge in [0.2, 0.25) is 0 Å². The summed E-state index contributed by atoms with van der Waals surface area (Å²) in [6, 6.07) is 18.5. The molecule has 7 nitrogen and oxygen atoms in total. The van der Waals surface area contributed by atoms with Gasteiger partial charge in [-0.3, -0.25) is 15.0 Å². The molecule has 0 fully saturated rings. The van der Waals surface area contributed by atoms with Gasteiger partial charge in [0, 0.05) is 36.5 Å². The predicted molar refractivity (Wildman–Crippen MR) is 130 cm³/mol. The van der Waals surface area contributed by atoms with E-state index in [2.05, 4.69) is 16.6 Å². The van der Waals surface area contributed by atoms with Crippen molar-refractivity contribution in [3.63, 3.8) is 0 Å². The van der Waals surface area contributed by atoms with Crippen molar-refractivity contribution in [2.24, 2.45) is 0 Å². The molecule has 0 atom stereocenters. The highest BCUT2D eigenvalue weighted by Crippen LogP contribution is 2.30. The summed E-state index contributed by atoms with van der Waals surface area (Å²) >= 11 is 0. The molecule has 0 heterocycles. The van der Waals surface area contributed by atoms with E-state index in [-0.39, 0.29) is 11.3 Å². The van der Waals surface area contributed by atoms with Gasteiger partial charge in [-0.15, -0.1) is 6.42 Å². The third kappa shape index (κ3) is 5.38. The smallest absolute Gasteiger partial charge is 0.257 e. The topological polar surface area (TPSA) is 94.5 Å². The van der Waals surface area contributed by atoms with Crippen molar-refractivity contribution in [3.8, 4) is 18.1 Å². The number of nitrogens with zero attached hydrogens (tertiary/aromatic N) is 1. The molecule has 0 spiro atoms. The van der Waals surface area contributed by atoms with Crippen molar-refractivity contribution in [1.82, 2.24) is 4.90 Å². The van der Waals surface area contributed by atoms with E-state index in [0.717, 1.165) is 0 Å². The van der Waals surface area contributed by atoms with Crippen molar-refractivity contribution in [1.29, 1.82) is 5.41 Å². The quantitative estimate of drug-likeness (QED) is 0.306. The van der Waals surface area contributed by atoms with Crippen molar-refractivity contribution >= 4 is 29.0 Å². The lowest BCUT2D eigenvalue weighted by atomic mass is 10.1. The summed E-state index contributed by atoms with van der Waals surface area (Å²) in [5.41, 5.74) is 2.84. The van der Waals surface area contributed by atoms with Gasteiger partial charge in [-0.05, 0) is 48.5 Å². The molecule has 7 heteroatoms. The SMILES string of the molecule is C#Cc1ccc(NC(=O)c2cccc(OC)c2NC(=O)c2ccc(C(=N)N(C)C)cc2)cc1. The number of ether oxygens (including phenoxy) is 1. The van der Waals surface area contributed by atoms with E-state index < -0.39 is 11.8 Å². The van der Waals surface area contributed by atoms with Crippen LogP contribution in [0.3, 0.4) is 0 Å². The third-order valence-corrected chi connectivity index (χ3v) is 4.91. The van der Waals surface area contributed by atoms with Crippen LogP contribution >= 0.6 is 0 Å². The molecule has 0 aliphatic rings. The fourth-order valence-electron chi connectivity index (χ4n) is 3.09. The number of terminal acetylenes is 1. The molecule has 2 amide bonds. The van der Waals surface area contributed by atoms with Crippen LogP contribution in [0.5, 0.6) is 5.75 Å². The fraction of sp³-hybridized carbons (Fsp3) is 0.115. The minimum atomic E-state index is -0.410. The molecule has 0 radical (unpaired) electrons. The van der Waals surface area contributed by atoms with Crippen LogP contribution < -0.4 is 15.4 Å². The Morgan fingerprint density at radius 2 is 1.55 bits per heavy atom. The number of methoxy groups -OCH3 is 1. The van der Waals surface area contributed by atoms with Gasteiger partial charge in [-0.25, -0.2) is 0 Å². The molecule has 3 N–H and O–H groups in total. The predicted octanol–water partition coefficient (Wildman–Crippen LogP) is 4.07. The van der Waals surface area contributed by atoms with E-state index in [1.165, 1.54) is 7.11 Å². The molecule has 33 heavy (non-hydrogen) atoms. The van der Waals surface area contributed by atoms with Gasteiger partial charge in [0.05, 0.1) is 18.4 Å². The molecule has 0 aromatic heterocycles. The highest BCUT2D eigenvalue weighted by molar-refractivity contribution is 6.13. The Bertz CT molecular complexity index is 1220. The number of hydrogen-bond donors (Lipinski definition) is 3. The number of carbonyl (C=O) groups is 2. The summed E-state index contributed by atoms with van der Waals surface area (Å²) in [5, 5.41) is 13.6. The summed E-state index contributed by atoms with van der Waals surface area (Å²) in [5.74, 6) is 2.39. The zero-order valence-electron chi connectivity index (χ0n) is 18.6. The summed E-state index contributed by atoms with van der Waals surface area (Å²) in [6.45, 7) is 0. The average Bonchev–Trinajstić information content (AvgIpc) is 2.84. The molecule has 0 saturated carbocycles. The van der Waals surface area contributed by atoms with Gasteiger partial charge in [0.25, 0.3) is 11.8 Å². The average molecular weight is 441 g/mol. The highest BCUT2D eigenvalue weighted by Gasteiger charge is 2.19. The lowest BCUT2D eigenvalue weighted by Crippen LogP contribution is -2.22. The standard InChI is InChI=1S/C26H24N4O3/c1-5-17-9-15-20(16-10-17)28-26(32)21-7-6-8-22(33-4)23(21)29-25(31)19-13-11-18(12-14-19)24(27)30(2)3/h1,6-16,27H,2-4H3,(H,28,32)(H,29,31). The third-order valence-electron chi connectivity index (χ3n) is 4.91. The lowest BCUT2D eigenvalue weighted by molar-refractivity contribution is 0.102. The maximum atomic E-state index is 13.0. The number of rotatable bonds is 6. The lowest BCUT2D eigenvalue weighted by Gasteiger charge is -2.16. The summed E-state index contributed by atoms with van der Waals surface area (Å²) in [7, 11) is 5.02. The van der Waals surface area contributed by atoms with Crippen LogP contribution in [-0.2, 0) is 0 Å². The van der Waals surface area contributed by atoms with Crippen molar-refractivity contribution < 1.29 is 14.3 Å². The van der Waals surface area contributed by atoms with Crippen molar-refractivity contribution in [2.45, 2.75) is 0 Å². The summed E-state index contributed by atoms with van der Waals surface area (Å²) < 4.78 is 5.38. The first-order chi connectivity index (χ1) is 15.8. The molecule has 166 valence electrons.